The van der Waals surface area contributed by atoms with E-state index in [1.54, 1.807) is 42.5 Å². The molecule has 11 heteroatoms. The SMILES string of the molecule is CC(=O)CC[C@H]1CN(S(=O)(=O)c2cccc(Cl)c2)c2nc(OCc3c(Cl)cccc3Cl)ccc2O1. The zero-order chi connectivity index (χ0) is 25.2. The summed E-state index contributed by atoms with van der Waals surface area (Å²) in [6.07, 6.45) is 0.0913. The van der Waals surface area contributed by atoms with Crippen molar-refractivity contribution in [3.8, 4) is 11.6 Å². The number of ether oxygens (including phenoxy) is 2. The van der Waals surface area contributed by atoms with Crippen LogP contribution in [0.3, 0.4) is 0 Å². The van der Waals surface area contributed by atoms with Gasteiger partial charge in [0.2, 0.25) is 5.88 Å². The Labute approximate surface area is 218 Å². The summed E-state index contributed by atoms with van der Waals surface area (Å²) in [5.41, 5.74) is 0.583. The van der Waals surface area contributed by atoms with Crippen molar-refractivity contribution in [3.05, 3.63) is 75.2 Å². The highest BCUT2D eigenvalue weighted by Gasteiger charge is 2.36. The van der Waals surface area contributed by atoms with Crippen LogP contribution < -0.4 is 13.8 Å². The summed E-state index contributed by atoms with van der Waals surface area (Å²) < 4.78 is 40.1. The van der Waals surface area contributed by atoms with Crippen LogP contribution in [-0.4, -0.2) is 31.8 Å². The Bertz CT molecular complexity index is 1350. The standard InChI is InChI=1S/C24H21Cl3N2O5S/c1-15(30)8-9-17-13-29(35(31,32)18-5-2-4-16(25)12-18)24-22(34-17)10-11-23(28-24)33-14-19-20(26)6-3-7-21(19)27/h2-7,10-12,17H,8-9,13-14H2,1H3/t17-/m0/s1. The van der Waals surface area contributed by atoms with Crippen LogP contribution in [-0.2, 0) is 21.4 Å². The summed E-state index contributed by atoms with van der Waals surface area (Å²) in [6, 6.07) is 14.3. The first-order valence-electron chi connectivity index (χ1n) is 10.7. The van der Waals surface area contributed by atoms with Gasteiger partial charge in [0.1, 0.15) is 18.5 Å². The molecule has 1 aromatic heterocycles. The fourth-order valence-electron chi connectivity index (χ4n) is 3.56. The summed E-state index contributed by atoms with van der Waals surface area (Å²) in [4.78, 5) is 15.9. The molecule has 1 aliphatic heterocycles. The number of benzene rings is 2. The first-order valence-corrected chi connectivity index (χ1v) is 13.2. The number of carbonyl (C=O) groups excluding carboxylic acids is 1. The van der Waals surface area contributed by atoms with Crippen molar-refractivity contribution in [3.63, 3.8) is 0 Å². The van der Waals surface area contributed by atoms with E-state index in [2.05, 4.69) is 4.98 Å². The minimum Gasteiger partial charge on any atom is -0.485 e. The maximum absolute atomic E-state index is 13.6. The monoisotopic (exact) mass is 554 g/mol. The summed E-state index contributed by atoms with van der Waals surface area (Å²) in [7, 11) is -4.04. The third-order valence-electron chi connectivity index (χ3n) is 5.34. The Morgan fingerprint density at radius 3 is 2.51 bits per heavy atom. The summed E-state index contributed by atoms with van der Waals surface area (Å²) in [6.45, 7) is 1.49. The van der Waals surface area contributed by atoms with Crippen molar-refractivity contribution in [2.24, 2.45) is 0 Å². The Balaban J connectivity index is 1.68. The van der Waals surface area contributed by atoms with Gasteiger partial charge in [-0.15, -0.1) is 0 Å². The molecule has 2 heterocycles. The van der Waals surface area contributed by atoms with Gasteiger partial charge in [-0.25, -0.2) is 12.7 Å². The average molecular weight is 556 g/mol. The van der Waals surface area contributed by atoms with Crippen LogP contribution in [0.4, 0.5) is 5.82 Å². The number of rotatable bonds is 8. The number of hydrogen-bond acceptors (Lipinski definition) is 6. The minimum atomic E-state index is -4.04. The van der Waals surface area contributed by atoms with E-state index in [9.17, 15) is 13.2 Å². The largest absolute Gasteiger partial charge is 0.485 e. The molecule has 4 rings (SSSR count). The van der Waals surface area contributed by atoms with Gasteiger partial charge in [0.05, 0.1) is 11.4 Å². The van der Waals surface area contributed by atoms with Crippen LogP contribution in [0.5, 0.6) is 11.6 Å². The Hall–Kier alpha value is -2.52. The van der Waals surface area contributed by atoms with Gasteiger partial charge in [-0.05, 0) is 49.7 Å². The van der Waals surface area contributed by atoms with E-state index in [0.29, 0.717) is 22.0 Å². The smallest absolute Gasteiger partial charge is 0.265 e. The number of aromatic nitrogens is 1. The van der Waals surface area contributed by atoms with Crippen molar-refractivity contribution < 1.29 is 22.7 Å². The van der Waals surface area contributed by atoms with Crippen LogP contribution in [0.25, 0.3) is 0 Å². The number of anilines is 1. The molecule has 0 radical (unpaired) electrons. The fourth-order valence-corrected chi connectivity index (χ4v) is 5.82. The highest BCUT2D eigenvalue weighted by molar-refractivity contribution is 7.92. The number of halogens is 3. The molecule has 0 unspecified atom stereocenters. The Morgan fingerprint density at radius 2 is 1.83 bits per heavy atom. The molecule has 0 saturated heterocycles. The normalized spacial score (nSPS) is 15.3. The van der Waals surface area contributed by atoms with E-state index in [1.165, 1.54) is 19.1 Å². The molecule has 0 saturated carbocycles. The number of sulfonamides is 1. The lowest BCUT2D eigenvalue weighted by molar-refractivity contribution is -0.117. The molecule has 0 spiro atoms. The molecule has 0 amide bonds. The van der Waals surface area contributed by atoms with Crippen LogP contribution in [0.15, 0.2) is 59.5 Å². The molecule has 1 aliphatic rings. The lowest BCUT2D eigenvalue weighted by atomic mass is 10.1. The van der Waals surface area contributed by atoms with E-state index >= 15 is 0 Å². The van der Waals surface area contributed by atoms with Gasteiger partial charge in [0.15, 0.2) is 11.6 Å². The molecule has 35 heavy (non-hydrogen) atoms. The predicted molar refractivity (Wildman–Crippen MR) is 135 cm³/mol. The molecule has 3 aromatic rings. The van der Waals surface area contributed by atoms with E-state index in [4.69, 9.17) is 44.3 Å². The van der Waals surface area contributed by atoms with Gasteiger partial charge in [-0.2, -0.15) is 4.98 Å². The lowest BCUT2D eigenvalue weighted by Gasteiger charge is -2.34. The third kappa shape index (κ3) is 5.83. The number of pyridine rings is 1. The summed E-state index contributed by atoms with van der Waals surface area (Å²) in [5, 5.41) is 1.17. The number of nitrogens with zero attached hydrogens (tertiary/aromatic N) is 2. The van der Waals surface area contributed by atoms with Crippen LogP contribution in [0.2, 0.25) is 15.1 Å². The van der Waals surface area contributed by atoms with Crippen molar-refractivity contribution in [2.75, 3.05) is 10.8 Å². The van der Waals surface area contributed by atoms with Crippen molar-refractivity contribution in [1.29, 1.82) is 0 Å². The second-order valence-electron chi connectivity index (χ2n) is 7.93. The molecule has 0 bridgehead atoms. The Kier molecular flexibility index (Phi) is 7.76. The van der Waals surface area contributed by atoms with Gasteiger partial charge in [0.25, 0.3) is 10.0 Å². The van der Waals surface area contributed by atoms with Crippen molar-refractivity contribution in [2.45, 2.75) is 37.4 Å². The quantitative estimate of drug-likeness (QED) is 0.342. The van der Waals surface area contributed by atoms with E-state index < -0.39 is 16.1 Å². The Morgan fingerprint density at radius 1 is 1.11 bits per heavy atom. The molecule has 7 nitrogen and oxygen atoms in total. The predicted octanol–water partition coefficient (Wildman–Crippen LogP) is 5.95. The van der Waals surface area contributed by atoms with Gasteiger partial charge < -0.3 is 14.3 Å². The highest BCUT2D eigenvalue weighted by Crippen LogP contribution is 2.38. The number of ketones is 1. The maximum Gasteiger partial charge on any atom is 0.265 e. The number of hydrogen-bond donors (Lipinski definition) is 0. The zero-order valence-corrected chi connectivity index (χ0v) is 21.7. The minimum absolute atomic E-state index is 0.0104. The molecule has 0 fully saturated rings. The van der Waals surface area contributed by atoms with Gasteiger partial charge >= 0.3 is 0 Å². The molecular formula is C24H21Cl3N2O5S. The number of carbonyl (C=O) groups is 1. The second kappa shape index (κ2) is 10.6. The lowest BCUT2D eigenvalue weighted by Crippen LogP contribution is -2.44. The molecule has 2 aromatic carbocycles. The number of Topliss-reactive ketones (excluding diaryl/α,β-unsaturated/α-hetero) is 1. The van der Waals surface area contributed by atoms with Crippen LogP contribution >= 0.6 is 34.8 Å². The van der Waals surface area contributed by atoms with Crippen LogP contribution in [0, 0.1) is 0 Å². The van der Waals surface area contributed by atoms with E-state index in [-0.39, 0.29) is 52.7 Å². The van der Waals surface area contributed by atoms with Crippen LogP contribution in [0.1, 0.15) is 25.3 Å². The van der Waals surface area contributed by atoms with E-state index in [0.717, 1.165) is 4.31 Å². The van der Waals surface area contributed by atoms with Gasteiger partial charge in [0, 0.05) is 33.1 Å². The van der Waals surface area contributed by atoms with Crippen molar-refractivity contribution in [1.82, 2.24) is 4.98 Å². The fraction of sp³-hybridized carbons (Fsp3) is 0.250. The second-order valence-corrected chi connectivity index (χ2v) is 11.0. The summed E-state index contributed by atoms with van der Waals surface area (Å²) in [5.74, 6) is 0.492. The summed E-state index contributed by atoms with van der Waals surface area (Å²) >= 11 is 18.5. The molecule has 0 N–H and O–H groups in total. The highest BCUT2D eigenvalue weighted by atomic mass is 35.5. The first-order chi connectivity index (χ1) is 16.6. The molecular weight excluding hydrogens is 535 g/mol. The topological polar surface area (TPSA) is 85.8 Å². The first kappa shape index (κ1) is 25.6. The maximum atomic E-state index is 13.6. The van der Waals surface area contributed by atoms with Gasteiger partial charge in [-0.1, -0.05) is 46.9 Å². The molecule has 1 atom stereocenters. The number of fused-ring (bicyclic) bond motifs is 1. The average Bonchev–Trinajstić information content (AvgIpc) is 2.82. The third-order valence-corrected chi connectivity index (χ3v) is 8.04. The molecule has 0 aliphatic carbocycles. The van der Waals surface area contributed by atoms with Gasteiger partial charge in [-0.3, -0.25) is 0 Å². The van der Waals surface area contributed by atoms with E-state index in [1.807, 2.05) is 0 Å². The molecule has 184 valence electrons. The zero-order valence-electron chi connectivity index (χ0n) is 18.6. The van der Waals surface area contributed by atoms with Crippen molar-refractivity contribution >= 4 is 56.4 Å².